The summed E-state index contributed by atoms with van der Waals surface area (Å²) in [6.07, 6.45) is 6.36. The van der Waals surface area contributed by atoms with Crippen molar-refractivity contribution in [2.24, 2.45) is 0 Å². The molecule has 3 rings (SSSR count). The molecule has 0 saturated heterocycles. The summed E-state index contributed by atoms with van der Waals surface area (Å²) in [5.41, 5.74) is 4.25. The number of nitrogens with zero attached hydrogens (tertiary/aromatic N) is 1. The molecule has 1 N–H and O–H groups in total. The van der Waals surface area contributed by atoms with Crippen molar-refractivity contribution in [3.8, 4) is 11.3 Å². The molecule has 1 aromatic heterocycles. The first-order valence-corrected chi connectivity index (χ1v) is 7.83. The van der Waals surface area contributed by atoms with Gasteiger partial charge in [0.2, 0.25) is 0 Å². The van der Waals surface area contributed by atoms with E-state index in [4.69, 9.17) is 4.42 Å². The van der Waals surface area contributed by atoms with Gasteiger partial charge < -0.3 is 9.73 Å². The van der Waals surface area contributed by atoms with Crippen molar-refractivity contribution in [3.05, 3.63) is 41.4 Å². The van der Waals surface area contributed by atoms with E-state index in [-0.39, 0.29) is 5.54 Å². The van der Waals surface area contributed by atoms with E-state index in [1.54, 1.807) is 0 Å². The molecule has 1 aliphatic rings. The molecule has 0 bridgehead atoms. The van der Waals surface area contributed by atoms with Gasteiger partial charge in [-0.2, -0.15) is 0 Å². The van der Waals surface area contributed by atoms with Crippen LogP contribution in [-0.2, 0) is 19.3 Å². The molecule has 0 aliphatic heterocycles. The molecular formula is C18H24N2O. The maximum Gasteiger partial charge on any atom is 0.196 e. The van der Waals surface area contributed by atoms with Crippen molar-refractivity contribution in [2.45, 2.75) is 52.0 Å². The number of aromatic nitrogens is 1. The Balaban J connectivity index is 1.67. The highest BCUT2D eigenvalue weighted by molar-refractivity contribution is 5.59. The number of aryl methyl sites for hydroxylation is 2. The molecule has 0 spiro atoms. The Hall–Kier alpha value is -1.61. The van der Waals surface area contributed by atoms with Crippen molar-refractivity contribution in [1.29, 1.82) is 0 Å². The van der Waals surface area contributed by atoms with E-state index >= 15 is 0 Å². The number of rotatable bonds is 4. The average molecular weight is 284 g/mol. The first kappa shape index (κ1) is 14.3. The highest BCUT2D eigenvalue weighted by atomic mass is 16.4. The van der Waals surface area contributed by atoms with Gasteiger partial charge in [0.15, 0.2) is 11.7 Å². The molecule has 0 amide bonds. The lowest BCUT2D eigenvalue weighted by atomic mass is 10.1. The van der Waals surface area contributed by atoms with E-state index in [1.807, 2.05) is 6.20 Å². The van der Waals surface area contributed by atoms with Gasteiger partial charge in [-0.3, -0.25) is 0 Å². The molecule has 1 heterocycles. The summed E-state index contributed by atoms with van der Waals surface area (Å²) in [5, 5.41) is 3.45. The van der Waals surface area contributed by atoms with Crippen LogP contribution in [0.25, 0.3) is 11.3 Å². The summed E-state index contributed by atoms with van der Waals surface area (Å²) in [7, 11) is 0. The zero-order valence-corrected chi connectivity index (χ0v) is 13.2. The maximum absolute atomic E-state index is 5.89. The summed E-state index contributed by atoms with van der Waals surface area (Å²) in [5.74, 6) is 1.69. The summed E-state index contributed by atoms with van der Waals surface area (Å²) in [6.45, 7) is 7.38. The minimum Gasteiger partial charge on any atom is -0.441 e. The third-order valence-corrected chi connectivity index (χ3v) is 3.93. The fourth-order valence-corrected chi connectivity index (χ4v) is 2.83. The fourth-order valence-electron chi connectivity index (χ4n) is 2.83. The molecule has 1 aliphatic carbocycles. The lowest BCUT2D eigenvalue weighted by molar-refractivity contribution is 0.412. The molecule has 0 unspecified atom stereocenters. The standard InChI is InChI=1S/C18H24N2O/c1-18(2,3)20-10-9-17-19-12-16(21-17)15-8-7-13-5-4-6-14(13)11-15/h7-8,11-12,20H,4-6,9-10H2,1-3H3. The second-order valence-corrected chi connectivity index (χ2v) is 6.88. The highest BCUT2D eigenvalue weighted by Crippen LogP contribution is 2.28. The molecule has 112 valence electrons. The van der Waals surface area contributed by atoms with E-state index in [9.17, 15) is 0 Å². The third kappa shape index (κ3) is 3.53. The van der Waals surface area contributed by atoms with E-state index in [0.29, 0.717) is 0 Å². The number of hydrogen-bond acceptors (Lipinski definition) is 3. The topological polar surface area (TPSA) is 38.1 Å². The van der Waals surface area contributed by atoms with E-state index in [0.717, 1.165) is 30.2 Å². The molecule has 0 saturated carbocycles. The van der Waals surface area contributed by atoms with Crippen LogP contribution in [0.3, 0.4) is 0 Å². The summed E-state index contributed by atoms with van der Waals surface area (Å²) < 4.78 is 5.89. The van der Waals surface area contributed by atoms with Gasteiger partial charge in [0.25, 0.3) is 0 Å². The Morgan fingerprint density at radius 2 is 2.00 bits per heavy atom. The van der Waals surface area contributed by atoms with Crippen LogP contribution in [0.1, 0.15) is 44.2 Å². The Morgan fingerprint density at radius 1 is 1.19 bits per heavy atom. The van der Waals surface area contributed by atoms with Crippen molar-refractivity contribution in [3.63, 3.8) is 0 Å². The zero-order chi connectivity index (χ0) is 14.9. The van der Waals surface area contributed by atoms with E-state index in [1.165, 1.54) is 30.4 Å². The molecule has 21 heavy (non-hydrogen) atoms. The van der Waals surface area contributed by atoms with Gasteiger partial charge in [0, 0.05) is 24.1 Å². The van der Waals surface area contributed by atoms with Crippen molar-refractivity contribution in [2.75, 3.05) is 6.54 Å². The van der Waals surface area contributed by atoms with Gasteiger partial charge in [-0.15, -0.1) is 0 Å². The van der Waals surface area contributed by atoms with Gasteiger partial charge >= 0.3 is 0 Å². The van der Waals surface area contributed by atoms with Crippen LogP contribution in [0.15, 0.2) is 28.8 Å². The van der Waals surface area contributed by atoms with Crippen LogP contribution in [0.4, 0.5) is 0 Å². The summed E-state index contributed by atoms with van der Waals surface area (Å²) in [6, 6.07) is 6.66. The lowest BCUT2D eigenvalue weighted by Crippen LogP contribution is -2.37. The van der Waals surface area contributed by atoms with Crippen molar-refractivity contribution >= 4 is 0 Å². The number of oxazole rings is 1. The predicted octanol–water partition coefficient (Wildman–Crippen LogP) is 3.76. The van der Waals surface area contributed by atoms with E-state index < -0.39 is 0 Å². The molecule has 0 radical (unpaired) electrons. The van der Waals surface area contributed by atoms with Crippen molar-refractivity contribution < 1.29 is 4.42 Å². The van der Waals surface area contributed by atoms with Gasteiger partial charge in [0.05, 0.1) is 6.20 Å². The molecule has 0 atom stereocenters. The normalized spacial score (nSPS) is 14.4. The average Bonchev–Trinajstić information content (AvgIpc) is 3.04. The van der Waals surface area contributed by atoms with Gasteiger partial charge in [-0.05, 0) is 57.2 Å². The first-order valence-electron chi connectivity index (χ1n) is 7.83. The summed E-state index contributed by atoms with van der Waals surface area (Å²) in [4.78, 5) is 4.40. The predicted molar refractivity (Wildman–Crippen MR) is 85.4 cm³/mol. The number of nitrogens with one attached hydrogen (secondary N) is 1. The Morgan fingerprint density at radius 3 is 2.81 bits per heavy atom. The van der Waals surface area contributed by atoms with Crippen LogP contribution in [0.5, 0.6) is 0 Å². The molecule has 2 aromatic rings. The zero-order valence-electron chi connectivity index (χ0n) is 13.2. The molecular weight excluding hydrogens is 260 g/mol. The smallest absolute Gasteiger partial charge is 0.196 e. The Labute approximate surface area is 126 Å². The second-order valence-electron chi connectivity index (χ2n) is 6.88. The largest absolute Gasteiger partial charge is 0.441 e. The van der Waals surface area contributed by atoms with E-state index in [2.05, 4.69) is 49.3 Å². The highest BCUT2D eigenvalue weighted by Gasteiger charge is 2.14. The van der Waals surface area contributed by atoms with Gasteiger partial charge in [-0.25, -0.2) is 4.98 Å². The monoisotopic (exact) mass is 284 g/mol. The summed E-state index contributed by atoms with van der Waals surface area (Å²) >= 11 is 0. The molecule has 3 heteroatoms. The van der Waals surface area contributed by atoms with Crippen molar-refractivity contribution in [1.82, 2.24) is 10.3 Å². The minimum absolute atomic E-state index is 0.134. The fraction of sp³-hybridized carbons (Fsp3) is 0.500. The third-order valence-electron chi connectivity index (χ3n) is 3.93. The number of hydrogen-bond donors (Lipinski definition) is 1. The van der Waals surface area contributed by atoms with Crippen LogP contribution in [0.2, 0.25) is 0 Å². The van der Waals surface area contributed by atoms with Crippen LogP contribution in [0, 0.1) is 0 Å². The number of benzene rings is 1. The molecule has 3 nitrogen and oxygen atoms in total. The SMILES string of the molecule is CC(C)(C)NCCc1ncc(-c2ccc3c(c2)CCC3)o1. The van der Waals surface area contributed by atoms with Crippen LogP contribution < -0.4 is 5.32 Å². The number of fused-ring (bicyclic) bond motifs is 1. The Bertz CT molecular complexity index is 622. The van der Waals surface area contributed by atoms with Crippen LogP contribution in [-0.4, -0.2) is 17.1 Å². The van der Waals surface area contributed by atoms with Gasteiger partial charge in [-0.1, -0.05) is 12.1 Å². The first-order chi connectivity index (χ1) is 10.0. The quantitative estimate of drug-likeness (QED) is 0.929. The minimum atomic E-state index is 0.134. The molecule has 0 fully saturated rings. The lowest BCUT2D eigenvalue weighted by Gasteiger charge is -2.19. The maximum atomic E-state index is 5.89. The van der Waals surface area contributed by atoms with Gasteiger partial charge in [0.1, 0.15) is 0 Å². The Kier molecular flexibility index (Phi) is 3.85. The second kappa shape index (κ2) is 5.64. The molecule has 1 aromatic carbocycles. The van der Waals surface area contributed by atoms with Crippen LogP contribution >= 0.6 is 0 Å².